The third kappa shape index (κ3) is 3.69. The number of H-pyrrole nitrogens is 1. The van der Waals surface area contributed by atoms with Gasteiger partial charge in [-0.1, -0.05) is 41.4 Å². The molecule has 1 aliphatic rings. The lowest BCUT2D eigenvalue weighted by molar-refractivity contribution is 0.398. The summed E-state index contributed by atoms with van der Waals surface area (Å²) >= 11 is 8.59. The first-order chi connectivity index (χ1) is 12.0. The molecule has 0 amide bonds. The summed E-state index contributed by atoms with van der Waals surface area (Å²) in [6, 6.07) is 7.89. The van der Waals surface area contributed by atoms with Gasteiger partial charge in [0.15, 0.2) is 4.77 Å². The zero-order valence-corrected chi connectivity index (χ0v) is 16.2. The molecule has 2 heterocycles. The number of nitrogens with one attached hydrogen (secondary N) is 2. The minimum Gasteiger partial charge on any atom is -0.494 e. The normalized spacial score (nSPS) is 16.6. The van der Waals surface area contributed by atoms with Gasteiger partial charge in [-0.2, -0.15) is 5.10 Å². The van der Waals surface area contributed by atoms with Gasteiger partial charge in [-0.25, -0.2) is 0 Å². The van der Waals surface area contributed by atoms with Crippen molar-refractivity contribution in [2.24, 2.45) is 5.10 Å². The van der Waals surface area contributed by atoms with E-state index in [9.17, 15) is 9.90 Å². The largest absolute Gasteiger partial charge is 0.494 e. The van der Waals surface area contributed by atoms with Gasteiger partial charge in [0.05, 0.1) is 11.8 Å². The van der Waals surface area contributed by atoms with Crippen LogP contribution in [0.1, 0.15) is 43.4 Å². The summed E-state index contributed by atoms with van der Waals surface area (Å²) in [5.41, 5.74) is 4.43. The number of benzene rings is 1. The van der Waals surface area contributed by atoms with Crippen molar-refractivity contribution >= 4 is 33.9 Å². The molecule has 1 aromatic carbocycles. The monoisotopic (exact) mass is 422 g/mol. The number of halogens is 1. The van der Waals surface area contributed by atoms with Gasteiger partial charge in [0.2, 0.25) is 5.88 Å². The second-order valence-electron chi connectivity index (χ2n) is 5.96. The van der Waals surface area contributed by atoms with E-state index in [1.807, 2.05) is 24.3 Å². The predicted molar refractivity (Wildman–Crippen MR) is 104 cm³/mol. The number of aromatic hydroxyl groups is 1. The average Bonchev–Trinajstić information content (AvgIpc) is 3.04. The highest BCUT2D eigenvalue weighted by atomic mass is 79.9. The first-order valence-corrected chi connectivity index (χ1v) is 9.35. The van der Waals surface area contributed by atoms with Gasteiger partial charge in [0.25, 0.3) is 5.56 Å². The van der Waals surface area contributed by atoms with Crippen LogP contribution in [0.2, 0.25) is 0 Å². The van der Waals surface area contributed by atoms with Crippen LogP contribution in [0.25, 0.3) is 0 Å². The fraction of sp³-hybridized carbons (Fsp3) is 0.353. The fourth-order valence-corrected chi connectivity index (χ4v) is 3.36. The molecule has 0 saturated carbocycles. The summed E-state index contributed by atoms with van der Waals surface area (Å²) in [7, 11) is 0. The number of aromatic nitrogens is 2. The van der Waals surface area contributed by atoms with Crippen molar-refractivity contribution in [1.29, 1.82) is 0 Å². The maximum atomic E-state index is 12.4. The number of aromatic amines is 1. The van der Waals surface area contributed by atoms with Crippen LogP contribution in [-0.2, 0) is 6.54 Å². The minimum atomic E-state index is -0.410. The smallest absolute Gasteiger partial charge is 0.264 e. The minimum absolute atomic E-state index is 0.0332. The quantitative estimate of drug-likeness (QED) is 0.642. The van der Waals surface area contributed by atoms with Crippen LogP contribution in [0, 0.1) is 4.77 Å². The molecule has 8 heteroatoms. The van der Waals surface area contributed by atoms with E-state index in [-0.39, 0.29) is 22.3 Å². The molecule has 0 spiro atoms. The van der Waals surface area contributed by atoms with Gasteiger partial charge in [-0.3, -0.25) is 14.3 Å². The highest BCUT2D eigenvalue weighted by molar-refractivity contribution is 9.10. The van der Waals surface area contributed by atoms with Crippen LogP contribution in [0.4, 0.5) is 0 Å². The highest BCUT2D eigenvalue weighted by Gasteiger charge is 2.26. The van der Waals surface area contributed by atoms with E-state index in [1.54, 1.807) is 4.57 Å². The lowest BCUT2D eigenvalue weighted by atomic mass is 10.0. The first-order valence-electron chi connectivity index (χ1n) is 8.15. The molecular formula is C17H19BrN4O2S. The molecule has 1 aliphatic heterocycles. The topological polar surface area (TPSA) is 82.4 Å². The predicted octanol–water partition coefficient (Wildman–Crippen LogP) is 3.61. The summed E-state index contributed by atoms with van der Waals surface area (Å²) in [6.45, 7) is 2.61. The molecule has 3 rings (SSSR count). The Bertz CT molecular complexity index is 918. The van der Waals surface area contributed by atoms with Gasteiger partial charge in [-0.05, 0) is 36.3 Å². The van der Waals surface area contributed by atoms with Crippen molar-refractivity contribution in [3.8, 4) is 5.88 Å². The Kier molecular flexibility index (Phi) is 5.39. The second-order valence-corrected chi connectivity index (χ2v) is 7.26. The summed E-state index contributed by atoms with van der Waals surface area (Å²) in [5.74, 6) is -0.112. The Balaban J connectivity index is 1.91. The van der Waals surface area contributed by atoms with Crippen molar-refractivity contribution in [1.82, 2.24) is 15.0 Å². The van der Waals surface area contributed by atoms with Crippen molar-refractivity contribution in [3.63, 3.8) is 0 Å². The molecule has 3 N–H and O–H groups in total. The fourth-order valence-electron chi connectivity index (χ4n) is 2.83. The lowest BCUT2D eigenvalue weighted by Gasteiger charge is -2.13. The van der Waals surface area contributed by atoms with Gasteiger partial charge >= 0.3 is 0 Å². The molecule has 0 aliphatic carbocycles. The molecule has 6 nitrogen and oxygen atoms in total. The van der Waals surface area contributed by atoms with Gasteiger partial charge in [0, 0.05) is 17.4 Å². The SMILES string of the molecule is CCCCn1c(O)c(C2=NN[C@H](c3ccc(Br)cc3)C2)c(=O)[nH]c1=S. The average molecular weight is 423 g/mol. The molecule has 1 atom stereocenters. The Morgan fingerprint density at radius 3 is 2.80 bits per heavy atom. The molecule has 132 valence electrons. The molecule has 0 radical (unpaired) electrons. The standard InChI is InChI=1S/C17H19BrN4O2S/c1-2-3-8-22-16(24)14(15(23)19-17(22)25)13-9-12(20-21-13)10-4-6-11(18)7-5-10/h4-7,12,20,24H,2-3,8-9H2,1H3,(H,19,23,25)/t12-/m0/s1. The Hall–Kier alpha value is -1.93. The maximum absolute atomic E-state index is 12.4. The zero-order chi connectivity index (χ0) is 18.0. The van der Waals surface area contributed by atoms with Crippen molar-refractivity contribution in [3.05, 3.63) is 55.0 Å². The van der Waals surface area contributed by atoms with E-state index >= 15 is 0 Å². The van der Waals surface area contributed by atoms with Crippen LogP contribution in [-0.4, -0.2) is 20.4 Å². The van der Waals surface area contributed by atoms with Crippen LogP contribution >= 0.6 is 28.1 Å². The van der Waals surface area contributed by atoms with E-state index < -0.39 is 5.56 Å². The molecule has 1 aromatic heterocycles. The second kappa shape index (κ2) is 7.53. The van der Waals surface area contributed by atoms with Crippen LogP contribution < -0.4 is 11.0 Å². The van der Waals surface area contributed by atoms with E-state index in [0.29, 0.717) is 18.7 Å². The number of hydrogen-bond donors (Lipinski definition) is 3. The van der Waals surface area contributed by atoms with Gasteiger partial charge in [0.1, 0.15) is 5.56 Å². The summed E-state index contributed by atoms with van der Waals surface area (Å²) in [4.78, 5) is 15.0. The van der Waals surface area contributed by atoms with Crippen LogP contribution in [0.3, 0.4) is 0 Å². The molecule has 25 heavy (non-hydrogen) atoms. The van der Waals surface area contributed by atoms with E-state index in [0.717, 1.165) is 22.9 Å². The molecule has 2 aromatic rings. The van der Waals surface area contributed by atoms with E-state index in [4.69, 9.17) is 12.2 Å². The summed E-state index contributed by atoms with van der Waals surface area (Å²) < 4.78 is 2.79. The highest BCUT2D eigenvalue weighted by Crippen LogP contribution is 2.27. The Morgan fingerprint density at radius 1 is 1.40 bits per heavy atom. The van der Waals surface area contributed by atoms with E-state index in [1.165, 1.54) is 0 Å². The zero-order valence-electron chi connectivity index (χ0n) is 13.8. The van der Waals surface area contributed by atoms with E-state index in [2.05, 4.69) is 38.4 Å². The first kappa shape index (κ1) is 17.9. The summed E-state index contributed by atoms with van der Waals surface area (Å²) in [6.07, 6.45) is 2.34. The number of nitrogens with zero attached hydrogens (tertiary/aromatic N) is 2. The number of hydrogen-bond acceptors (Lipinski definition) is 5. The lowest BCUT2D eigenvalue weighted by Crippen LogP contribution is -2.22. The molecule has 0 saturated heterocycles. The third-order valence-electron chi connectivity index (χ3n) is 4.22. The third-order valence-corrected chi connectivity index (χ3v) is 5.07. The van der Waals surface area contributed by atoms with Gasteiger partial charge in [-0.15, -0.1) is 0 Å². The molecule has 0 fully saturated rings. The Morgan fingerprint density at radius 2 is 2.12 bits per heavy atom. The van der Waals surface area contributed by atoms with Crippen molar-refractivity contribution in [2.75, 3.05) is 0 Å². The maximum Gasteiger partial charge on any atom is 0.264 e. The van der Waals surface area contributed by atoms with Crippen LogP contribution in [0.5, 0.6) is 5.88 Å². The molecule has 0 unspecified atom stereocenters. The number of hydrazone groups is 1. The summed E-state index contributed by atoms with van der Waals surface area (Å²) in [5, 5.41) is 14.9. The van der Waals surface area contributed by atoms with Crippen molar-refractivity contribution in [2.45, 2.75) is 38.8 Å². The molecular weight excluding hydrogens is 404 g/mol. The molecule has 0 bridgehead atoms. The number of unbranched alkanes of at least 4 members (excludes halogenated alkanes) is 1. The van der Waals surface area contributed by atoms with Crippen LogP contribution in [0.15, 0.2) is 38.6 Å². The number of rotatable bonds is 5. The van der Waals surface area contributed by atoms with Gasteiger partial charge < -0.3 is 10.5 Å². The Labute approximate surface area is 158 Å². The van der Waals surface area contributed by atoms with Crippen molar-refractivity contribution < 1.29 is 5.11 Å².